The maximum Gasteiger partial charge on any atom is 0.407 e. The third-order valence-corrected chi connectivity index (χ3v) is 2.94. The Kier molecular flexibility index (Phi) is 6.80. The molecule has 0 aromatic carbocycles. The largest absolute Gasteiger partial charge is 0.444 e. The van der Waals surface area contributed by atoms with Crippen molar-refractivity contribution in [2.75, 3.05) is 6.54 Å². The van der Waals surface area contributed by atoms with Gasteiger partial charge in [-0.05, 0) is 48.0 Å². The molecule has 0 aliphatic carbocycles. The van der Waals surface area contributed by atoms with E-state index in [1.165, 1.54) is 0 Å². The van der Waals surface area contributed by atoms with E-state index in [1.54, 1.807) is 13.8 Å². The van der Waals surface area contributed by atoms with Gasteiger partial charge in [0.05, 0.1) is 5.60 Å². The molecule has 1 amide bonds. The summed E-state index contributed by atoms with van der Waals surface area (Å²) in [6, 6.07) is -0.0679. The highest BCUT2D eigenvalue weighted by Crippen LogP contribution is 2.09. The van der Waals surface area contributed by atoms with Gasteiger partial charge in [-0.1, -0.05) is 6.92 Å². The van der Waals surface area contributed by atoms with Crippen LogP contribution in [0.5, 0.6) is 0 Å². The summed E-state index contributed by atoms with van der Waals surface area (Å²) in [6.45, 7) is 13.5. The van der Waals surface area contributed by atoms with Gasteiger partial charge in [-0.3, -0.25) is 0 Å². The van der Waals surface area contributed by atoms with Gasteiger partial charge in [0, 0.05) is 18.6 Å². The second-order valence-electron chi connectivity index (χ2n) is 6.54. The molecule has 5 nitrogen and oxygen atoms in total. The molecule has 2 unspecified atom stereocenters. The Balaban J connectivity index is 4.19. The molecule has 19 heavy (non-hydrogen) atoms. The van der Waals surface area contributed by atoms with Crippen molar-refractivity contribution in [3.05, 3.63) is 0 Å². The Morgan fingerprint density at radius 3 is 2.16 bits per heavy atom. The molecule has 0 heterocycles. The second-order valence-corrected chi connectivity index (χ2v) is 6.54. The van der Waals surface area contributed by atoms with Crippen LogP contribution < -0.4 is 10.6 Å². The summed E-state index contributed by atoms with van der Waals surface area (Å²) in [5.41, 5.74) is -1.28. The predicted octanol–water partition coefficient (Wildman–Crippen LogP) is 2.04. The lowest BCUT2D eigenvalue weighted by Gasteiger charge is -2.29. The molecular formula is C14H30N2O3. The minimum atomic E-state index is -0.787. The molecule has 0 aliphatic rings. The number of amides is 1. The van der Waals surface area contributed by atoms with Crippen molar-refractivity contribution in [2.24, 2.45) is 0 Å². The van der Waals surface area contributed by atoms with E-state index >= 15 is 0 Å². The summed E-state index contributed by atoms with van der Waals surface area (Å²) >= 11 is 0. The Bertz CT molecular complexity index is 279. The molecule has 0 fully saturated rings. The summed E-state index contributed by atoms with van der Waals surface area (Å²) in [7, 11) is 0. The number of hydrogen-bond acceptors (Lipinski definition) is 4. The first-order valence-electron chi connectivity index (χ1n) is 6.91. The Morgan fingerprint density at radius 2 is 1.79 bits per heavy atom. The van der Waals surface area contributed by atoms with Gasteiger partial charge in [-0.25, -0.2) is 4.79 Å². The normalized spacial score (nSPS) is 15.8. The van der Waals surface area contributed by atoms with Gasteiger partial charge in [-0.2, -0.15) is 0 Å². The van der Waals surface area contributed by atoms with Gasteiger partial charge in [-0.15, -0.1) is 0 Å². The smallest absolute Gasteiger partial charge is 0.407 e. The first kappa shape index (κ1) is 18.2. The SMILES string of the molecule is CCC(CNC(C)C(C)(C)O)NC(=O)OC(C)(C)C. The molecule has 0 spiro atoms. The van der Waals surface area contributed by atoms with Crippen LogP contribution in [-0.2, 0) is 4.74 Å². The maximum absolute atomic E-state index is 11.7. The molecule has 0 bridgehead atoms. The molecule has 114 valence electrons. The van der Waals surface area contributed by atoms with Crippen molar-refractivity contribution >= 4 is 6.09 Å². The van der Waals surface area contributed by atoms with Crippen molar-refractivity contribution in [2.45, 2.75) is 78.2 Å². The van der Waals surface area contributed by atoms with E-state index in [0.29, 0.717) is 6.54 Å². The molecule has 0 saturated heterocycles. The standard InChI is InChI=1S/C14H30N2O3/c1-8-11(9-15-10(2)14(6,7)18)16-12(17)19-13(3,4)5/h10-11,15,18H,8-9H2,1-7H3,(H,16,17). The predicted molar refractivity (Wildman–Crippen MR) is 77.2 cm³/mol. The summed E-state index contributed by atoms with van der Waals surface area (Å²) in [6.07, 6.45) is 0.391. The number of aliphatic hydroxyl groups is 1. The van der Waals surface area contributed by atoms with Crippen LogP contribution in [0.2, 0.25) is 0 Å². The van der Waals surface area contributed by atoms with Crippen molar-refractivity contribution in [3.63, 3.8) is 0 Å². The molecule has 5 heteroatoms. The minimum Gasteiger partial charge on any atom is -0.444 e. The van der Waals surface area contributed by atoms with E-state index < -0.39 is 17.3 Å². The number of carbonyl (C=O) groups is 1. The topological polar surface area (TPSA) is 70.6 Å². The Hall–Kier alpha value is -0.810. The Morgan fingerprint density at radius 1 is 1.26 bits per heavy atom. The number of ether oxygens (including phenoxy) is 1. The summed E-state index contributed by atoms with van der Waals surface area (Å²) < 4.78 is 5.22. The van der Waals surface area contributed by atoms with Crippen molar-refractivity contribution < 1.29 is 14.6 Å². The fraction of sp³-hybridized carbons (Fsp3) is 0.929. The highest BCUT2D eigenvalue weighted by atomic mass is 16.6. The van der Waals surface area contributed by atoms with Crippen LogP contribution in [0.15, 0.2) is 0 Å². The number of carbonyl (C=O) groups excluding carboxylic acids is 1. The number of alkyl carbamates (subject to hydrolysis) is 1. The molecule has 0 aromatic heterocycles. The average Bonchev–Trinajstić information content (AvgIpc) is 2.19. The van der Waals surface area contributed by atoms with E-state index in [9.17, 15) is 9.90 Å². The zero-order valence-electron chi connectivity index (χ0n) is 13.3. The molecule has 3 N–H and O–H groups in total. The monoisotopic (exact) mass is 274 g/mol. The fourth-order valence-electron chi connectivity index (χ4n) is 1.34. The van der Waals surface area contributed by atoms with E-state index in [1.807, 2.05) is 34.6 Å². The van der Waals surface area contributed by atoms with Gasteiger partial charge in [0.15, 0.2) is 0 Å². The lowest BCUT2D eigenvalue weighted by molar-refractivity contribution is 0.0413. The molecular weight excluding hydrogens is 244 g/mol. The average molecular weight is 274 g/mol. The lowest BCUT2D eigenvalue weighted by atomic mass is 10.0. The molecule has 0 aliphatic heterocycles. The van der Waals surface area contributed by atoms with Gasteiger partial charge in [0.1, 0.15) is 5.60 Å². The highest BCUT2D eigenvalue weighted by molar-refractivity contribution is 5.68. The first-order chi connectivity index (χ1) is 8.45. The number of hydrogen-bond donors (Lipinski definition) is 3. The zero-order valence-corrected chi connectivity index (χ0v) is 13.3. The fourth-order valence-corrected chi connectivity index (χ4v) is 1.34. The summed E-state index contributed by atoms with van der Waals surface area (Å²) in [4.78, 5) is 11.7. The number of rotatable bonds is 6. The number of nitrogens with one attached hydrogen (secondary N) is 2. The van der Waals surface area contributed by atoms with Crippen LogP contribution in [0.25, 0.3) is 0 Å². The molecule has 0 radical (unpaired) electrons. The van der Waals surface area contributed by atoms with Crippen LogP contribution in [0.3, 0.4) is 0 Å². The molecule has 2 atom stereocenters. The van der Waals surface area contributed by atoms with Crippen molar-refractivity contribution in [1.29, 1.82) is 0 Å². The van der Waals surface area contributed by atoms with Crippen LogP contribution in [0.4, 0.5) is 4.79 Å². The van der Waals surface area contributed by atoms with E-state index in [2.05, 4.69) is 10.6 Å². The van der Waals surface area contributed by atoms with Crippen LogP contribution >= 0.6 is 0 Å². The Labute approximate surface area is 117 Å². The third kappa shape index (κ3) is 8.83. The second kappa shape index (κ2) is 7.10. The lowest BCUT2D eigenvalue weighted by Crippen LogP contribution is -2.50. The van der Waals surface area contributed by atoms with Gasteiger partial charge in [0.25, 0.3) is 0 Å². The molecule has 0 saturated carbocycles. The van der Waals surface area contributed by atoms with E-state index in [4.69, 9.17) is 4.74 Å². The van der Waals surface area contributed by atoms with E-state index in [0.717, 1.165) is 6.42 Å². The molecule has 0 rings (SSSR count). The summed E-state index contributed by atoms with van der Waals surface area (Å²) in [5, 5.41) is 15.9. The maximum atomic E-state index is 11.7. The van der Waals surface area contributed by atoms with Gasteiger partial charge in [0.2, 0.25) is 0 Å². The minimum absolute atomic E-state index is 0.0142. The van der Waals surface area contributed by atoms with Gasteiger partial charge >= 0.3 is 6.09 Å². The first-order valence-corrected chi connectivity index (χ1v) is 6.91. The quantitative estimate of drug-likeness (QED) is 0.693. The summed E-state index contributed by atoms with van der Waals surface area (Å²) in [5.74, 6) is 0. The van der Waals surface area contributed by atoms with Crippen molar-refractivity contribution in [1.82, 2.24) is 10.6 Å². The molecule has 0 aromatic rings. The van der Waals surface area contributed by atoms with Crippen LogP contribution in [-0.4, -0.2) is 41.0 Å². The zero-order chi connectivity index (χ0) is 15.3. The van der Waals surface area contributed by atoms with Crippen molar-refractivity contribution in [3.8, 4) is 0 Å². The third-order valence-electron chi connectivity index (χ3n) is 2.94. The van der Waals surface area contributed by atoms with E-state index in [-0.39, 0.29) is 12.1 Å². The van der Waals surface area contributed by atoms with Crippen LogP contribution in [0, 0.1) is 0 Å². The highest BCUT2D eigenvalue weighted by Gasteiger charge is 2.23. The van der Waals surface area contributed by atoms with Crippen LogP contribution in [0.1, 0.15) is 54.9 Å². The van der Waals surface area contributed by atoms with Gasteiger partial charge < -0.3 is 20.5 Å².